The topological polar surface area (TPSA) is 72.7 Å². The molecule has 1 N–H and O–H groups in total. The third-order valence-corrected chi connectivity index (χ3v) is 3.07. The fourth-order valence-electron chi connectivity index (χ4n) is 2.09. The molecule has 0 saturated heterocycles. The molecule has 0 aliphatic carbocycles. The Bertz CT molecular complexity index is 848. The first-order chi connectivity index (χ1) is 9.16. The van der Waals surface area contributed by atoms with Gasteiger partial charge in [-0.3, -0.25) is 14.3 Å². The van der Waals surface area contributed by atoms with Gasteiger partial charge in [0.15, 0.2) is 11.2 Å². The van der Waals surface area contributed by atoms with Gasteiger partial charge in [0.05, 0.1) is 6.33 Å². The van der Waals surface area contributed by atoms with Crippen LogP contribution in [0.25, 0.3) is 11.2 Å². The maximum absolute atomic E-state index is 11.9. The van der Waals surface area contributed by atoms with Gasteiger partial charge in [-0.1, -0.05) is 30.3 Å². The third kappa shape index (κ3) is 2.49. The van der Waals surface area contributed by atoms with Crippen molar-refractivity contribution in [1.29, 1.82) is 0 Å². The van der Waals surface area contributed by atoms with Gasteiger partial charge in [0.2, 0.25) is 0 Å². The second kappa shape index (κ2) is 5.78. The van der Waals surface area contributed by atoms with Gasteiger partial charge < -0.3 is 4.57 Å². The van der Waals surface area contributed by atoms with Crippen molar-refractivity contribution in [2.75, 3.05) is 0 Å². The van der Waals surface area contributed by atoms with E-state index in [2.05, 4.69) is 9.97 Å². The first-order valence-corrected chi connectivity index (χ1v) is 5.85. The van der Waals surface area contributed by atoms with Crippen molar-refractivity contribution in [1.82, 2.24) is 19.1 Å². The van der Waals surface area contributed by atoms with Crippen LogP contribution in [-0.2, 0) is 13.6 Å². The summed E-state index contributed by atoms with van der Waals surface area (Å²) in [5.41, 5.74) is 1.000. The van der Waals surface area contributed by atoms with E-state index in [-0.39, 0.29) is 29.6 Å². The predicted molar refractivity (Wildman–Crippen MR) is 78.3 cm³/mol. The number of benzene rings is 1. The molecule has 0 amide bonds. The Morgan fingerprint density at radius 3 is 2.60 bits per heavy atom. The van der Waals surface area contributed by atoms with Crippen molar-refractivity contribution in [3.63, 3.8) is 0 Å². The number of nitrogens with one attached hydrogen (secondary N) is 1. The van der Waals surface area contributed by atoms with E-state index in [1.54, 1.807) is 17.9 Å². The van der Waals surface area contributed by atoms with Crippen LogP contribution in [0.1, 0.15) is 5.56 Å². The minimum absolute atomic E-state index is 0. The minimum atomic E-state index is -0.456. The molecule has 0 spiro atoms. The van der Waals surface area contributed by atoms with Crippen molar-refractivity contribution in [3.05, 3.63) is 63.1 Å². The number of nitrogens with zero attached hydrogens (tertiary/aromatic N) is 3. The molecular formula is C13H13N4NaO2. The van der Waals surface area contributed by atoms with Crippen molar-refractivity contribution in [2.45, 2.75) is 6.54 Å². The van der Waals surface area contributed by atoms with Crippen molar-refractivity contribution in [2.24, 2.45) is 7.05 Å². The SMILES string of the molecule is Cn1c(=O)[nH]c(=O)c2c1ncn2Cc1ccccc1.[NaH]. The summed E-state index contributed by atoms with van der Waals surface area (Å²) in [7, 11) is 1.58. The van der Waals surface area contributed by atoms with Crippen LogP contribution < -0.4 is 11.2 Å². The van der Waals surface area contributed by atoms with Gasteiger partial charge in [-0.25, -0.2) is 9.78 Å². The van der Waals surface area contributed by atoms with E-state index in [4.69, 9.17) is 0 Å². The Labute approximate surface area is 136 Å². The molecule has 0 bridgehead atoms. The standard InChI is InChI=1S/C13H12N4O2.Na.H/c1-16-11-10(12(18)15-13(16)19)17(8-14-11)7-9-5-3-2-4-6-9;;/h2-6,8H,7H2,1H3,(H,15,18,19);;. The van der Waals surface area contributed by atoms with Gasteiger partial charge >= 0.3 is 35.2 Å². The molecule has 6 nitrogen and oxygen atoms in total. The first kappa shape index (κ1) is 14.8. The first-order valence-electron chi connectivity index (χ1n) is 5.85. The summed E-state index contributed by atoms with van der Waals surface area (Å²) in [5, 5.41) is 0. The number of imidazole rings is 1. The maximum atomic E-state index is 11.9. The molecule has 0 unspecified atom stereocenters. The van der Waals surface area contributed by atoms with E-state index >= 15 is 0 Å². The van der Waals surface area contributed by atoms with Crippen LogP contribution in [0.2, 0.25) is 0 Å². The number of hydrogen-bond acceptors (Lipinski definition) is 3. The summed E-state index contributed by atoms with van der Waals surface area (Å²) < 4.78 is 3.07. The average molecular weight is 280 g/mol. The zero-order valence-corrected chi connectivity index (χ0v) is 10.3. The van der Waals surface area contributed by atoms with E-state index < -0.39 is 11.2 Å². The summed E-state index contributed by atoms with van der Waals surface area (Å²) in [5.74, 6) is 0. The van der Waals surface area contributed by atoms with Crippen molar-refractivity contribution < 1.29 is 0 Å². The van der Waals surface area contributed by atoms with E-state index in [1.165, 1.54) is 4.57 Å². The number of aryl methyl sites for hydroxylation is 1. The molecule has 2 heterocycles. The van der Waals surface area contributed by atoms with Crippen LogP contribution >= 0.6 is 0 Å². The molecule has 0 saturated carbocycles. The molecule has 20 heavy (non-hydrogen) atoms. The Kier molecular flexibility index (Phi) is 4.27. The number of fused-ring (bicyclic) bond motifs is 1. The quantitative estimate of drug-likeness (QED) is 0.662. The summed E-state index contributed by atoms with van der Waals surface area (Å²) in [6.45, 7) is 0.540. The predicted octanol–water partition coefficient (Wildman–Crippen LogP) is -0.177. The monoisotopic (exact) mass is 280 g/mol. The van der Waals surface area contributed by atoms with E-state index in [9.17, 15) is 9.59 Å². The fraction of sp³-hybridized carbons (Fsp3) is 0.154. The molecule has 3 rings (SSSR count). The van der Waals surface area contributed by atoms with Crippen LogP contribution in [0, 0.1) is 0 Å². The molecule has 0 aliphatic heterocycles. The summed E-state index contributed by atoms with van der Waals surface area (Å²) in [6.07, 6.45) is 1.58. The molecule has 1 aromatic carbocycles. The van der Waals surface area contributed by atoms with E-state index in [1.807, 2.05) is 30.3 Å². The summed E-state index contributed by atoms with van der Waals surface area (Å²) >= 11 is 0. The van der Waals surface area contributed by atoms with Crippen LogP contribution in [-0.4, -0.2) is 48.7 Å². The van der Waals surface area contributed by atoms with Gasteiger partial charge in [0.1, 0.15) is 0 Å². The Hall–Kier alpha value is -1.63. The second-order valence-corrected chi connectivity index (χ2v) is 4.35. The van der Waals surface area contributed by atoms with Gasteiger partial charge in [0, 0.05) is 13.6 Å². The molecule has 0 atom stereocenters. The number of H-pyrrole nitrogens is 1. The molecule has 0 fully saturated rings. The number of hydrogen-bond donors (Lipinski definition) is 1. The van der Waals surface area contributed by atoms with Crippen LogP contribution in [0.5, 0.6) is 0 Å². The third-order valence-electron chi connectivity index (χ3n) is 3.07. The Balaban J connectivity index is 0.00000147. The zero-order chi connectivity index (χ0) is 13.4. The Morgan fingerprint density at radius 1 is 1.20 bits per heavy atom. The molecular weight excluding hydrogens is 267 g/mol. The fourth-order valence-corrected chi connectivity index (χ4v) is 2.09. The summed E-state index contributed by atoms with van der Waals surface area (Å²) in [4.78, 5) is 29.8. The van der Waals surface area contributed by atoms with Gasteiger partial charge in [-0.15, -0.1) is 0 Å². The van der Waals surface area contributed by atoms with Crippen molar-refractivity contribution in [3.8, 4) is 0 Å². The van der Waals surface area contributed by atoms with Gasteiger partial charge in [0.25, 0.3) is 5.56 Å². The summed E-state index contributed by atoms with van der Waals surface area (Å²) in [6, 6.07) is 9.76. The number of rotatable bonds is 2. The molecule has 0 aliphatic rings. The second-order valence-electron chi connectivity index (χ2n) is 4.35. The molecule has 3 aromatic rings. The van der Waals surface area contributed by atoms with Crippen LogP contribution in [0.15, 0.2) is 46.2 Å². The normalized spacial score (nSPS) is 10.4. The van der Waals surface area contributed by atoms with Gasteiger partial charge in [-0.05, 0) is 5.56 Å². The van der Waals surface area contributed by atoms with Crippen LogP contribution in [0.3, 0.4) is 0 Å². The molecule has 7 heteroatoms. The Morgan fingerprint density at radius 2 is 1.90 bits per heavy atom. The molecule has 2 aromatic heterocycles. The van der Waals surface area contributed by atoms with E-state index in [0.717, 1.165) is 5.56 Å². The number of aromatic nitrogens is 4. The number of aromatic amines is 1. The van der Waals surface area contributed by atoms with E-state index in [0.29, 0.717) is 17.7 Å². The van der Waals surface area contributed by atoms with Crippen LogP contribution in [0.4, 0.5) is 0 Å². The average Bonchev–Trinajstić information content (AvgIpc) is 2.82. The zero-order valence-electron chi connectivity index (χ0n) is 10.3. The molecule has 0 radical (unpaired) electrons. The molecule has 98 valence electrons. The van der Waals surface area contributed by atoms with Crippen molar-refractivity contribution >= 4 is 40.7 Å². The van der Waals surface area contributed by atoms with Gasteiger partial charge in [-0.2, -0.15) is 0 Å².